The minimum atomic E-state index is -0.678. The van der Waals surface area contributed by atoms with E-state index in [1.54, 1.807) is 0 Å². The maximum absolute atomic E-state index is 11.2. The molecule has 1 aromatic rings. The molecule has 4 heteroatoms. The van der Waals surface area contributed by atoms with E-state index in [9.17, 15) is 4.21 Å². The van der Waals surface area contributed by atoms with E-state index >= 15 is 0 Å². The van der Waals surface area contributed by atoms with Crippen LogP contribution in [-0.2, 0) is 17.3 Å². The lowest BCUT2D eigenvalue weighted by molar-refractivity contribution is 0.242. The normalized spacial score (nSPS) is 12.7. The van der Waals surface area contributed by atoms with Gasteiger partial charge in [0.25, 0.3) is 0 Å². The van der Waals surface area contributed by atoms with Gasteiger partial charge in [-0.1, -0.05) is 19.1 Å². The zero-order chi connectivity index (χ0) is 13.4. The fourth-order valence-electron chi connectivity index (χ4n) is 1.52. The molecule has 0 bridgehead atoms. The SMILES string of the molecule is CCS(=O)CCNCc1ccc(OC(C)C)cc1. The molecule has 0 aliphatic heterocycles. The first kappa shape index (κ1) is 15.2. The van der Waals surface area contributed by atoms with Crippen LogP contribution >= 0.6 is 0 Å². The van der Waals surface area contributed by atoms with Crippen molar-refractivity contribution >= 4 is 10.8 Å². The van der Waals surface area contributed by atoms with Crippen LogP contribution in [0.5, 0.6) is 5.75 Å². The molecule has 1 aromatic carbocycles. The third-order valence-electron chi connectivity index (χ3n) is 2.45. The molecule has 0 saturated heterocycles. The maximum Gasteiger partial charge on any atom is 0.119 e. The molecular formula is C14H23NO2S. The highest BCUT2D eigenvalue weighted by molar-refractivity contribution is 7.84. The quantitative estimate of drug-likeness (QED) is 0.736. The van der Waals surface area contributed by atoms with Gasteiger partial charge in [0.2, 0.25) is 0 Å². The van der Waals surface area contributed by atoms with Gasteiger partial charge in [0.1, 0.15) is 5.75 Å². The molecule has 0 amide bonds. The Morgan fingerprint density at radius 1 is 1.28 bits per heavy atom. The largest absolute Gasteiger partial charge is 0.491 e. The summed E-state index contributed by atoms with van der Waals surface area (Å²) in [7, 11) is -0.678. The molecule has 1 unspecified atom stereocenters. The standard InChI is InChI=1S/C14H23NO2S/c1-4-18(16)10-9-15-11-13-5-7-14(8-6-13)17-12(2)3/h5-8,12,15H,4,9-11H2,1-3H3. The van der Waals surface area contributed by atoms with Crippen molar-refractivity contribution in [2.45, 2.75) is 33.4 Å². The summed E-state index contributed by atoms with van der Waals surface area (Å²) >= 11 is 0. The number of hydrogen-bond acceptors (Lipinski definition) is 3. The first-order valence-corrected chi connectivity index (χ1v) is 7.92. The van der Waals surface area contributed by atoms with Crippen LogP contribution in [-0.4, -0.2) is 28.4 Å². The molecule has 3 nitrogen and oxygen atoms in total. The zero-order valence-corrected chi connectivity index (χ0v) is 12.3. The minimum Gasteiger partial charge on any atom is -0.491 e. The van der Waals surface area contributed by atoms with Crippen LogP contribution in [0.4, 0.5) is 0 Å². The fraction of sp³-hybridized carbons (Fsp3) is 0.571. The lowest BCUT2D eigenvalue weighted by atomic mass is 10.2. The molecule has 102 valence electrons. The Kier molecular flexibility index (Phi) is 6.98. The van der Waals surface area contributed by atoms with Crippen LogP contribution in [0.1, 0.15) is 26.3 Å². The van der Waals surface area contributed by atoms with Crippen LogP contribution in [0.3, 0.4) is 0 Å². The molecule has 0 aliphatic carbocycles. The highest BCUT2D eigenvalue weighted by Gasteiger charge is 1.99. The van der Waals surface area contributed by atoms with Gasteiger partial charge < -0.3 is 10.1 Å². The van der Waals surface area contributed by atoms with Gasteiger partial charge in [0, 0.05) is 35.4 Å². The molecule has 18 heavy (non-hydrogen) atoms. The Labute approximate surface area is 112 Å². The number of hydrogen-bond donors (Lipinski definition) is 1. The lowest BCUT2D eigenvalue weighted by Gasteiger charge is -2.10. The topological polar surface area (TPSA) is 38.3 Å². The van der Waals surface area contributed by atoms with Crippen LogP contribution < -0.4 is 10.1 Å². The summed E-state index contributed by atoms with van der Waals surface area (Å²) in [5, 5.41) is 3.29. The second-order valence-corrected chi connectivity index (χ2v) is 6.29. The van der Waals surface area contributed by atoms with Gasteiger partial charge in [-0.3, -0.25) is 4.21 Å². The van der Waals surface area contributed by atoms with Crippen molar-refractivity contribution in [3.8, 4) is 5.75 Å². The Morgan fingerprint density at radius 2 is 1.94 bits per heavy atom. The Balaban J connectivity index is 2.28. The average Bonchev–Trinajstić information content (AvgIpc) is 2.35. The van der Waals surface area contributed by atoms with Gasteiger partial charge in [-0.15, -0.1) is 0 Å². The molecule has 1 N–H and O–H groups in total. The second kappa shape index (κ2) is 8.27. The molecule has 0 saturated carbocycles. The van der Waals surface area contributed by atoms with Gasteiger partial charge in [0.15, 0.2) is 0 Å². The van der Waals surface area contributed by atoms with Gasteiger partial charge in [0.05, 0.1) is 6.10 Å². The maximum atomic E-state index is 11.2. The number of nitrogens with one attached hydrogen (secondary N) is 1. The highest BCUT2D eigenvalue weighted by Crippen LogP contribution is 2.13. The van der Waals surface area contributed by atoms with E-state index in [-0.39, 0.29) is 6.10 Å². The van der Waals surface area contributed by atoms with Gasteiger partial charge in [-0.2, -0.15) is 0 Å². The van der Waals surface area contributed by atoms with E-state index in [1.165, 1.54) is 5.56 Å². The molecule has 0 heterocycles. The Morgan fingerprint density at radius 3 is 2.50 bits per heavy atom. The smallest absolute Gasteiger partial charge is 0.119 e. The van der Waals surface area contributed by atoms with Crippen LogP contribution in [0.2, 0.25) is 0 Å². The monoisotopic (exact) mass is 269 g/mol. The summed E-state index contributed by atoms with van der Waals surface area (Å²) in [6.07, 6.45) is 0.206. The van der Waals surface area contributed by atoms with Crippen molar-refractivity contribution in [2.75, 3.05) is 18.1 Å². The van der Waals surface area contributed by atoms with E-state index in [0.29, 0.717) is 0 Å². The predicted molar refractivity (Wildman–Crippen MR) is 77.5 cm³/mol. The number of rotatable bonds is 8. The molecular weight excluding hydrogens is 246 g/mol. The number of benzene rings is 1. The minimum absolute atomic E-state index is 0.206. The van der Waals surface area contributed by atoms with Crippen LogP contribution in [0.15, 0.2) is 24.3 Å². The van der Waals surface area contributed by atoms with Crippen LogP contribution in [0, 0.1) is 0 Å². The summed E-state index contributed by atoms with van der Waals surface area (Å²) in [6.45, 7) is 7.59. The van der Waals surface area contributed by atoms with E-state index in [4.69, 9.17) is 4.74 Å². The van der Waals surface area contributed by atoms with Gasteiger partial charge >= 0.3 is 0 Å². The summed E-state index contributed by atoms with van der Waals surface area (Å²) in [5.41, 5.74) is 1.22. The van der Waals surface area contributed by atoms with E-state index in [1.807, 2.05) is 32.9 Å². The molecule has 1 rings (SSSR count). The first-order chi connectivity index (χ1) is 8.61. The third kappa shape index (κ3) is 6.17. The van der Waals surface area contributed by atoms with Crippen molar-refractivity contribution < 1.29 is 8.95 Å². The summed E-state index contributed by atoms with van der Waals surface area (Å²) in [6, 6.07) is 8.09. The van der Waals surface area contributed by atoms with E-state index in [0.717, 1.165) is 30.3 Å². The van der Waals surface area contributed by atoms with Crippen molar-refractivity contribution in [1.82, 2.24) is 5.32 Å². The fourth-order valence-corrected chi connectivity index (χ4v) is 2.18. The molecule has 0 radical (unpaired) electrons. The first-order valence-electron chi connectivity index (χ1n) is 6.43. The number of ether oxygens (including phenoxy) is 1. The summed E-state index contributed by atoms with van der Waals surface area (Å²) < 4.78 is 16.8. The lowest BCUT2D eigenvalue weighted by Crippen LogP contribution is -2.20. The highest BCUT2D eigenvalue weighted by atomic mass is 32.2. The molecule has 0 aliphatic rings. The molecule has 0 fully saturated rings. The van der Waals surface area contributed by atoms with E-state index < -0.39 is 10.8 Å². The summed E-state index contributed by atoms with van der Waals surface area (Å²) in [4.78, 5) is 0. The van der Waals surface area contributed by atoms with Gasteiger partial charge in [-0.25, -0.2) is 0 Å². The molecule has 0 spiro atoms. The average molecular weight is 269 g/mol. The van der Waals surface area contributed by atoms with Crippen molar-refractivity contribution in [3.63, 3.8) is 0 Å². The van der Waals surface area contributed by atoms with Crippen molar-refractivity contribution in [2.24, 2.45) is 0 Å². The molecule has 0 aromatic heterocycles. The second-order valence-electron chi connectivity index (χ2n) is 4.42. The Bertz CT molecular complexity index is 363. The van der Waals surface area contributed by atoms with E-state index in [2.05, 4.69) is 17.4 Å². The predicted octanol–water partition coefficient (Wildman–Crippen LogP) is 2.33. The van der Waals surface area contributed by atoms with Crippen molar-refractivity contribution in [3.05, 3.63) is 29.8 Å². The Hall–Kier alpha value is -0.870. The third-order valence-corrected chi connectivity index (χ3v) is 3.76. The molecule has 1 atom stereocenters. The van der Waals surface area contributed by atoms with Crippen molar-refractivity contribution in [1.29, 1.82) is 0 Å². The van der Waals surface area contributed by atoms with Gasteiger partial charge in [-0.05, 0) is 31.5 Å². The van der Waals surface area contributed by atoms with Crippen LogP contribution in [0.25, 0.3) is 0 Å². The zero-order valence-electron chi connectivity index (χ0n) is 11.4. The summed E-state index contributed by atoms with van der Waals surface area (Å²) in [5.74, 6) is 2.37.